The molecule has 0 fully saturated rings. The lowest BCUT2D eigenvalue weighted by Gasteiger charge is -2.30. The van der Waals surface area contributed by atoms with Crippen LogP contribution < -0.4 is 5.73 Å². The molecule has 108 valence electrons. The Morgan fingerprint density at radius 3 is 2.28 bits per heavy atom. The van der Waals surface area contributed by atoms with E-state index >= 15 is 0 Å². The van der Waals surface area contributed by atoms with Gasteiger partial charge in [0.2, 0.25) is 5.91 Å². The van der Waals surface area contributed by atoms with Gasteiger partial charge in [-0.15, -0.1) is 0 Å². The van der Waals surface area contributed by atoms with Crippen LogP contribution >= 0.6 is 0 Å². The maximum atomic E-state index is 12.2. The molecule has 0 aliphatic heterocycles. The van der Waals surface area contributed by atoms with Gasteiger partial charge >= 0.3 is 0 Å². The summed E-state index contributed by atoms with van der Waals surface area (Å²) in [4.78, 5) is 14.1. The van der Waals surface area contributed by atoms with Crippen molar-refractivity contribution in [1.29, 1.82) is 0 Å². The monoisotopic (exact) mass is 258 g/mol. The van der Waals surface area contributed by atoms with Gasteiger partial charge in [0, 0.05) is 32.7 Å². The van der Waals surface area contributed by atoms with Crippen LogP contribution in [0, 0.1) is 11.3 Å². The number of carbonyl (C=O) groups excluding carboxylic acids is 1. The second-order valence-electron chi connectivity index (χ2n) is 6.40. The van der Waals surface area contributed by atoms with Gasteiger partial charge in [0.15, 0.2) is 0 Å². The molecule has 4 heteroatoms. The number of rotatable bonds is 7. The second-order valence-corrected chi connectivity index (χ2v) is 6.40. The Labute approximate surface area is 112 Å². The predicted molar refractivity (Wildman–Crippen MR) is 75.3 cm³/mol. The Morgan fingerprint density at radius 1 is 1.33 bits per heavy atom. The summed E-state index contributed by atoms with van der Waals surface area (Å²) in [6, 6.07) is -0.109. The van der Waals surface area contributed by atoms with Crippen molar-refractivity contribution in [3.63, 3.8) is 0 Å². The van der Waals surface area contributed by atoms with Crippen molar-refractivity contribution in [1.82, 2.24) is 4.90 Å². The number of carbonyl (C=O) groups is 1. The molecule has 0 aromatic rings. The van der Waals surface area contributed by atoms with Crippen LogP contribution in [0.5, 0.6) is 0 Å². The fraction of sp³-hybridized carbons (Fsp3) is 0.929. The molecule has 2 N–H and O–H groups in total. The fourth-order valence-electron chi connectivity index (χ4n) is 1.58. The molecular formula is C14H30N2O2. The molecule has 0 rings (SSSR count). The summed E-state index contributed by atoms with van der Waals surface area (Å²) in [5.41, 5.74) is 6.03. The third kappa shape index (κ3) is 6.97. The number of methoxy groups -OCH3 is 1. The van der Waals surface area contributed by atoms with Gasteiger partial charge in [-0.1, -0.05) is 34.6 Å². The van der Waals surface area contributed by atoms with E-state index in [1.807, 2.05) is 4.90 Å². The molecular weight excluding hydrogens is 228 g/mol. The number of ether oxygens (including phenoxy) is 1. The van der Waals surface area contributed by atoms with E-state index in [1.54, 1.807) is 7.11 Å². The van der Waals surface area contributed by atoms with Crippen molar-refractivity contribution in [2.75, 3.05) is 26.8 Å². The normalized spacial score (nSPS) is 13.8. The summed E-state index contributed by atoms with van der Waals surface area (Å²) in [6.07, 6.45) is 0.403. The van der Waals surface area contributed by atoms with Gasteiger partial charge in [-0.25, -0.2) is 0 Å². The maximum absolute atomic E-state index is 12.2. The van der Waals surface area contributed by atoms with Gasteiger partial charge in [-0.2, -0.15) is 0 Å². The zero-order valence-corrected chi connectivity index (χ0v) is 12.8. The summed E-state index contributed by atoms with van der Waals surface area (Å²) < 4.78 is 5.05. The summed E-state index contributed by atoms with van der Waals surface area (Å²) >= 11 is 0. The molecule has 1 unspecified atom stereocenters. The van der Waals surface area contributed by atoms with Gasteiger partial charge in [0.1, 0.15) is 0 Å². The second kappa shape index (κ2) is 7.74. The van der Waals surface area contributed by atoms with Crippen LogP contribution in [-0.4, -0.2) is 43.7 Å². The molecule has 0 saturated carbocycles. The van der Waals surface area contributed by atoms with Crippen molar-refractivity contribution in [3.8, 4) is 0 Å². The minimum Gasteiger partial charge on any atom is -0.383 e. The van der Waals surface area contributed by atoms with Crippen LogP contribution in [0.4, 0.5) is 0 Å². The van der Waals surface area contributed by atoms with E-state index in [-0.39, 0.29) is 17.4 Å². The minimum atomic E-state index is -0.109. The zero-order valence-electron chi connectivity index (χ0n) is 12.8. The van der Waals surface area contributed by atoms with E-state index < -0.39 is 0 Å². The van der Waals surface area contributed by atoms with Gasteiger partial charge < -0.3 is 15.4 Å². The molecule has 0 aliphatic carbocycles. The van der Waals surface area contributed by atoms with Crippen molar-refractivity contribution >= 4 is 5.91 Å². The molecule has 4 nitrogen and oxygen atoms in total. The Hall–Kier alpha value is -0.610. The molecule has 0 aromatic heterocycles. The Bertz CT molecular complexity index is 247. The van der Waals surface area contributed by atoms with E-state index in [1.165, 1.54) is 0 Å². The SMILES string of the molecule is COCCN(CC(C)C)C(=O)CC(N)C(C)(C)C. The van der Waals surface area contributed by atoms with Crippen molar-refractivity contribution in [3.05, 3.63) is 0 Å². The Balaban J connectivity index is 4.45. The molecule has 1 atom stereocenters. The van der Waals surface area contributed by atoms with Crippen molar-refractivity contribution in [2.45, 2.75) is 47.1 Å². The number of amides is 1. The summed E-state index contributed by atoms with van der Waals surface area (Å²) in [5.74, 6) is 0.583. The first-order valence-corrected chi connectivity index (χ1v) is 6.70. The topological polar surface area (TPSA) is 55.6 Å². The first-order valence-electron chi connectivity index (χ1n) is 6.70. The summed E-state index contributed by atoms with van der Waals surface area (Å²) in [5, 5.41) is 0. The molecule has 0 saturated heterocycles. The van der Waals surface area contributed by atoms with E-state index in [4.69, 9.17) is 10.5 Å². The van der Waals surface area contributed by atoms with Crippen molar-refractivity contribution in [2.24, 2.45) is 17.1 Å². The third-order valence-corrected chi connectivity index (χ3v) is 3.01. The average Bonchev–Trinajstić information content (AvgIpc) is 2.22. The van der Waals surface area contributed by atoms with Crippen LogP contribution in [0.2, 0.25) is 0 Å². The lowest BCUT2D eigenvalue weighted by molar-refractivity contribution is -0.133. The molecule has 18 heavy (non-hydrogen) atoms. The lowest BCUT2D eigenvalue weighted by Crippen LogP contribution is -2.43. The van der Waals surface area contributed by atoms with E-state index in [2.05, 4.69) is 34.6 Å². The maximum Gasteiger partial charge on any atom is 0.224 e. The smallest absolute Gasteiger partial charge is 0.224 e. The third-order valence-electron chi connectivity index (χ3n) is 3.01. The van der Waals surface area contributed by atoms with Crippen molar-refractivity contribution < 1.29 is 9.53 Å². The standard InChI is InChI=1S/C14H30N2O2/c1-11(2)10-16(7-8-18-6)13(17)9-12(15)14(3,4)5/h11-12H,7-10,15H2,1-6H3. The number of hydrogen-bond acceptors (Lipinski definition) is 3. The zero-order chi connectivity index (χ0) is 14.3. The number of hydrogen-bond donors (Lipinski definition) is 1. The van der Waals surface area contributed by atoms with E-state index in [0.717, 1.165) is 6.54 Å². The highest BCUT2D eigenvalue weighted by Crippen LogP contribution is 2.20. The van der Waals surface area contributed by atoms with Crippen LogP contribution in [0.3, 0.4) is 0 Å². The van der Waals surface area contributed by atoms with E-state index in [9.17, 15) is 4.79 Å². The van der Waals surface area contributed by atoms with Crippen LogP contribution in [0.1, 0.15) is 41.0 Å². The largest absolute Gasteiger partial charge is 0.383 e. The lowest BCUT2D eigenvalue weighted by atomic mass is 9.85. The quantitative estimate of drug-likeness (QED) is 0.758. The molecule has 0 aromatic carbocycles. The Kier molecular flexibility index (Phi) is 7.48. The molecule has 0 heterocycles. The average molecular weight is 258 g/mol. The molecule has 0 radical (unpaired) electrons. The first kappa shape index (κ1) is 17.4. The highest BCUT2D eigenvalue weighted by Gasteiger charge is 2.25. The molecule has 0 spiro atoms. The van der Waals surface area contributed by atoms with Gasteiger partial charge in [-0.3, -0.25) is 4.79 Å². The van der Waals surface area contributed by atoms with Crippen LogP contribution in [0.25, 0.3) is 0 Å². The number of nitrogens with two attached hydrogens (primary N) is 1. The summed E-state index contributed by atoms with van der Waals surface area (Å²) in [6.45, 7) is 12.4. The molecule has 1 amide bonds. The highest BCUT2D eigenvalue weighted by atomic mass is 16.5. The van der Waals surface area contributed by atoms with Gasteiger partial charge in [0.25, 0.3) is 0 Å². The molecule has 0 bridgehead atoms. The molecule has 0 aliphatic rings. The minimum absolute atomic E-state index is 0.0413. The summed E-state index contributed by atoms with van der Waals surface area (Å²) in [7, 11) is 1.65. The van der Waals surface area contributed by atoms with Gasteiger partial charge in [0.05, 0.1) is 6.61 Å². The predicted octanol–water partition coefficient (Wildman–Crippen LogP) is 1.88. The van der Waals surface area contributed by atoms with E-state index in [0.29, 0.717) is 25.5 Å². The van der Waals surface area contributed by atoms with Crippen LogP contribution in [0.15, 0.2) is 0 Å². The Morgan fingerprint density at radius 2 is 1.89 bits per heavy atom. The van der Waals surface area contributed by atoms with Crippen LogP contribution in [-0.2, 0) is 9.53 Å². The fourth-order valence-corrected chi connectivity index (χ4v) is 1.58. The highest BCUT2D eigenvalue weighted by molar-refractivity contribution is 5.76. The first-order chi connectivity index (χ1) is 8.18. The number of nitrogens with zero attached hydrogens (tertiary/aromatic N) is 1. The van der Waals surface area contributed by atoms with Gasteiger partial charge in [-0.05, 0) is 11.3 Å².